The molecular weight excluding hydrogens is 674 g/mol. The zero-order valence-electron chi connectivity index (χ0n) is 30.2. The monoisotopic (exact) mass is 721 g/mol. The molecule has 278 valence electrons. The van der Waals surface area contributed by atoms with Gasteiger partial charge in [-0.3, -0.25) is 14.6 Å². The van der Waals surface area contributed by atoms with Crippen LogP contribution in [0.4, 0.5) is 4.79 Å². The zero-order valence-corrected chi connectivity index (χ0v) is 30.2. The predicted molar refractivity (Wildman–Crippen MR) is 201 cm³/mol. The van der Waals surface area contributed by atoms with E-state index < -0.39 is 12.1 Å². The number of aromatic amines is 2. The van der Waals surface area contributed by atoms with Crippen molar-refractivity contribution >= 4 is 39.7 Å². The highest BCUT2D eigenvalue weighted by Gasteiger charge is 2.40. The van der Waals surface area contributed by atoms with Crippen LogP contribution in [0, 0.1) is 5.92 Å². The maximum atomic E-state index is 14.0. The molecule has 0 radical (unpaired) electrons. The molecule has 2 saturated heterocycles. The minimum atomic E-state index is -0.680. The lowest BCUT2D eigenvalue weighted by Gasteiger charge is -2.34. The number of likely N-dealkylation sites (tertiary alicyclic amines) is 1. The number of carbonyl (C=O) groups is 3. The van der Waals surface area contributed by atoms with Gasteiger partial charge in [-0.25, -0.2) is 14.8 Å². The summed E-state index contributed by atoms with van der Waals surface area (Å²) in [5, 5.41) is 10.7. The number of likely N-dealkylation sites (N-methyl/N-ethyl adjacent to an activating group) is 1. The van der Waals surface area contributed by atoms with Crippen molar-refractivity contribution in [2.45, 2.75) is 57.0 Å². The van der Waals surface area contributed by atoms with Gasteiger partial charge >= 0.3 is 6.09 Å². The topological polar surface area (TPSA) is 179 Å². The van der Waals surface area contributed by atoms with E-state index in [4.69, 9.17) is 19.4 Å². The van der Waals surface area contributed by atoms with Crippen LogP contribution in [0.2, 0.25) is 0 Å². The number of carbonyl (C=O) groups excluding carboxylic acids is 3. The van der Waals surface area contributed by atoms with E-state index in [0.29, 0.717) is 45.7 Å². The van der Waals surface area contributed by atoms with Gasteiger partial charge in [-0.2, -0.15) is 0 Å². The minimum absolute atomic E-state index is 0.00814. The number of nitrogens with zero attached hydrogens (tertiary/aromatic N) is 4. The first-order valence-corrected chi connectivity index (χ1v) is 18.5. The molecule has 2 fully saturated rings. The molecule has 0 bridgehead atoms. The number of unbranched alkanes of at least 4 members (excludes halogenated alkanes) is 1. The molecule has 3 aromatic heterocycles. The Morgan fingerprint density at radius 1 is 0.981 bits per heavy atom. The van der Waals surface area contributed by atoms with E-state index in [9.17, 15) is 14.4 Å². The first-order chi connectivity index (χ1) is 25.9. The second-order valence-corrected chi connectivity index (χ2v) is 13.8. The first kappa shape index (κ1) is 36.0. The van der Waals surface area contributed by atoms with Crippen LogP contribution in [0.25, 0.3) is 44.3 Å². The largest absolute Gasteiger partial charge is 0.453 e. The quantitative estimate of drug-likeness (QED) is 0.108. The van der Waals surface area contributed by atoms with Gasteiger partial charge in [0.2, 0.25) is 11.8 Å². The molecule has 0 saturated carbocycles. The fraction of sp³-hybridized carbons (Fsp3) is 0.436. The molecule has 5 aromatic rings. The van der Waals surface area contributed by atoms with E-state index in [1.165, 1.54) is 7.11 Å². The molecule has 2 aliphatic rings. The lowest BCUT2D eigenvalue weighted by Crippen LogP contribution is -2.53. The van der Waals surface area contributed by atoms with E-state index in [1.54, 1.807) is 7.05 Å². The van der Waals surface area contributed by atoms with Crippen LogP contribution in [0.3, 0.4) is 0 Å². The van der Waals surface area contributed by atoms with Gasteiger partial charge in [0.05, 0.1) is 48.3 Å². The maximum Gasteiger partial charge on any atom is 0.407 e. The van der Waals surface area contributed by atoms with Crippen LogP contribution in [0.5, 0.6) is 0 Å². The van der Waals surface area contributed by atoms with Gasteiger partial charge in [0.25, 0.3) is 0 Å². The van der Waals surface area contributed by atoms with Crippen molar-refractivity contribution in [3.63, 3.8) is 0 Å². The number of benzene rings is 2. The third-order valence-corrected chi connectivity index (χ3v) is 10.3. The smallest absolute Gasteiger partial charge is 0.407 e. The Morgan fingerprint density at radius 2 is 1.83 bits per heavy atom. The lowest BCUT2D eigenvalue weighted by atomic mass is 9.90. The summed E-state index contributed by atoms with van der Waals surface area (Å²) in [7, 11) is 3.07. The summed E-state index contributed by atoms with van der Waals surface area (Å²) in [6, 6.07) is 13.6. The fourth-order valence-electron chi connectivity index (χ4n) is 7.43. The Morgan fingerprint density at radius 3 is 2.66 bits per heavy atom. The predicted octanol–water partition coefficient (Wildman–Crippen LogP) is 4.64. The van der Waals surface area contributed by atoms with Gasteiger partial charge in [0, 0.05) is 55.4 Å². The van der Waals surface area contributed by atoms with Crippen molar-refractivity contribution in [2.75, 3.05) is 47.0 Å². The first-order valence-electron chi connectivity index (χ1n) is 18.5. The van der Waals surface area contributed by atoms with Crippen LogP contribution in [-0.4, -0.2) is 101 Å². The molecule has 7 rings (SSSR count). The fourth-order valence-corrected chi connectivity index (χ4v) is 7.43. The van der Waals surface area contributed by atoms with Crippen LogP contribution < -0.4 is 16.0 Å². The summed E-state index contributed by atoms with van der Waals surface area (Å²) in [5.41, 5.74) is 5.49. The Hall–Kier alpha value is -5.34. The van der Waals surface area contributed by atoms with Crippen LogP contribution in [0.15, 0.2) is 54.9 Å². The van der Waals surface area contributed by atoms with Crippen molar-refractivity contribution in [3.05, 3.63) is 66.5 Å². The standard InChI is InChI=1S/C39H47N9O5/c1-40-23-35(49)41-14-4-3-7-34-43-22-32(44-34)26-9-8-25-19-30(42-21-28(25)18-26)27-10-11-29-31(20-27)46-37(45-29)33-6-5-15-48(33)38(50)36(47-39(51)52-2)24-12-16-53-17-13-24/h8-11,18-22,24,33,36,40H,3-7,12-17,23H2,1-2H3,(H,41,49)(H,43,44)(H,45,46)(H,47,51). The molecule has 5 heterocycles. The second-order valence-electron chi connectivity index (χ2n) is 13.8. The Kier molecular flexibility index (Phi) is 11.3. The molecule has 2 aromatic carbocycles. The Balaban J connectivity index is 1.03. The maximum absolute atomic E-state index is 14.0. The summed E-state index contributed by atoms with van der Waals surface area (Å²) in [4.78, 5) is 60.9. The average Bonchev–Trinajstić information content (AvgIpc) is 3.96. The van der Waals surface area contributed by atoms with E-state index >= 15 is 0 Å². The number of methoxy groups -OCH3 is 1. The van der Waals surface area contributed by atoms with Gasteiger partial charge in [0.1, 0.15) is 17.7 Å². The molecule has 53 heavy (non-hydrogen) atoms. The van der Waals surface area contributed by atoms with E-state index in [0.717, 1.165) is 88.1 Å². The number of ether oxygens (including phenoxy) is 2. The van der Waals surface area contributed by atoms with Crippen molar-refractivity contribution < 1.29 is 23.9 Å². The molecule has 5 N–H and O–H groups in total. The molecule has 2 atom stereocenters. The van der Waals surface area contributed by atoms with Gasteiger partial charge in [0.15, 0.2) is 0 Å². The number of imidazole rings is 2. The van der Waals surface area contributed by atoms with Gasteiger partial charge in [-0.05, 0) is 81.1 Å². The summed E-state index contributed by atoms with van der Waals surface area (Å²) in [6.45, 7) is 2.71. The van der Waals surface area contributed by atoms with Crippen molar-refractivity contribution in [1.29, 1.82) is 0 Å². The molecule has 2 unspecified atom stereocenters. The number of aryl methyl sites for hydroxylation is 1. The minimum Gasteiger partial charge on any atom is -0.453 e. The number of fused-ring (bicyclic) bond motifs is 2. The van der Waals surface area contributed by atoms with Gasteiger partial charge in [-0.1, -0.05) is 18.2 Å². The Labute approximate surface area is 307 Å². The molecule has 14 heteroatoms. The van der Waals surface area contributed by atoms with Crippen LogP contribution in [0.1, 0.15) is 56.2 Å². The highest BCUT2D eigenvalue weighted by Crippen LogP contribution is 2.35. The van der Waals surface area contributed by atoms with Crippen molar-refractivity contribution in [2.24, 2.45) is 5.92 Å². The normalized spacial score (nSPS) is 16.9. The summed E-state index contributed by atoms with van der Waals surface area (Å²) in [6.07, 6.45) is 8.81. The highest BCUT2D eigenvalue weighted by molar-refractivity contribution is 5.90. The highest BCUT2D eigenvalue weighted by atomic mass is 16.5. The average molecular weight is 722 g/mol. The molecule has 14 nitrogen and oxygen atoms in total. The van der Waals surface area contributed by atoms with Crippen molar-refractivity contribution in [1.82, 2.24) is 45.8 Å². The molecule has 0 aliphatic carbocycles. The third kappa shape index (κ3) is 8.34. The van der Waals surface area contributed by atoms with Crippen LogP contribution in [-0.2, 0) is 25.5 Å². The number of H-pyrrole nitrogens is 2. The summed E-state index contributed by atoms with van der Waals surface area (Å²) < 4.78 is 10.4. The second kappa shape index (κ2) is 16.6. The number of pyridine rings is 1. The molecule has 3 amide bonds. The molecule has 0 spiro atoms. The lowest BCUT2D eigenvalue weighted by molar-refractivity contribution is -0.136. The van der Waals surface area contributed by atoms with Gasteiger partial charge < -0.3 is 40.3 Å². The summed E-state index contributed by atoms with van der Waals surface area (Å²) >= 11 is 0. The molecule has 2 aliphatic heterocycles. The molecular formula is C39H47N9O5. The van der Waals surface area contributed by atoms with E-state index in [2.05, 4.69) is 61.2 Å². The van der Waals surface area contributed by atoms with Crippen molar-refractivity contribution in [3.8, 4) is 22.5 Å². The number of nitrogens with one attached hydrogen (secondary N) is 5. The number of alkyl carbamates (subject to hydrolysis) is 1. The number of aromatic nitrogens is 5. The summed E-state index contributed by atoms with van der Waals surface area (Å²) in [5.74, 6) is 1.54. The van der Waals surface area contributed by atoms with Crippen LogP contribution >= 0.6 is 0 Å². The number of amides is 3. The zero-order chi connectivity index (χ0) is 36.7. The number of rotatable bonds is 13. The van der Waals surface area contributed by atoms with Gasteiger partial charge in [-0.15, -0.1) is 0 Å². The van der Waals surface area contributed by atoms with E-state index in [1.807, 2.05) is 29.4 Å². The SMILES string of the molecule is CNCC(=O)NCCCCc1ncc(-c2ccc3cc(-c4ccc5nc(C6CCCN6C(=O)C(NC(=O)OC)C6CCOCC6)[nH]c5c4)ncc3c2)[nH]1. The van der Waals surface area contributed by atoms with E-state index in [-0.39, 0.29) is 23.8 Å². The number of hydrogen-bond acceptors (Lipinski definition) is 9. The Bertz CT molecular complexity index is 2070. The third-order valence-electron chi connectivity index (χ3n) is 10.3. The number of hydrogen-bond donors (Lipinski definition) is 5.